The zero-order valence-corrected chi connectivity index (χ0v) is 21.3. The zero-order valence-electron chi connectivity index (χ0n) is 20.4. The van der Waals surface area contributed by atoms with E-state index in [1.807, 2.05) is 0 Å². The Balaban J connectivity index is 2.13. The first-order valence-corrected chi connectivity index (χ1v) is 12.8. The molecular formula is C29H41NS. The van der Waals surface area contributed by atoms with Gasteiger partial charge in [0.1, 0.15) is 4.99 Å². The lowest BCUT2D eigenvalue weighted by Gasteiger charge is -2.38. The molecule has 0 unspecified atom stereocenters. The van der Waals surface area contributed by atoms with Crippen molar-refractivity contribution in [2.45, 2.75) is 97.4 Å². The first-order valence-electron chi connectivity index (χ1n) is 12.3. The van der Waals surface area contributed by atoms with Gasteiger partial charge in [-0.05, 0) is 52.8 Å². The number of hydrogen-bond acceptors (Lipinski definition) is 1. The van der Waals surface area contributed by atoms with Crippen LogP contribution in [0.3, 0.4) is 0 Å². The lowest BCUT2D eigenvalue weighted by molar-refractivity contribution is 0.272. The number of benzene rings is 2. The average molecular weight is 436 g/mol. The molecule has 0 aliphatic carbocycles. The molecule has 168 valence electrons. The summed E-state index contributed by atoms with van der Waals surface area (Å²) in [4.78, 5) is 3.64. The molecule has 31 heavy (non-hydrogen) atoms. The van der Waals surface area contributed by atoms with E-state index in [1.165, 1.54) is 59.9 Å². The predicted octanol–water partition coefficient (Wildman–Crippen LogP) is 8.74. The maximum Gasteiger partial charge on any atom is 0.110 e. The maximum atomic E-state index is 6.37. The molecule has 1 aliphatic heterocycles. The summed E-state index contributed by atoms with van der Waals surface area (Å²) >= 11 is 6.37. The van der Waals surface area contributed by atoms with Gasteiger partial charge in [-0.1, -0.05) is 115 Å². The molecule has 1 nitrogen and oxygen atoms in total. The highest BCUT2D eigenvalue weighted by Gasteiger charge is 2.28. The minimum Gasteiger partial charge on any atom is -0.355 e. The van der Waals surface area contributed by atoms with E-state index in [4.69, 9.17) is 12.2 Å². The van der Waals surface area contributed by atoms with Crippen LogP contribution in [0.1, 0.15) is 125 Å². The fourth-order valence-electron chi connectivity index (χ4n) is 4.90. The smallest absolute Gasteiger partial charge is 0.110 e. The van der Waals surface area contributed by atoms with Gasteiger partial charge in [-0.3, -0.25) is 0 Å². The number of nitrogens with zero attached hydrogens (tertiary/aromatic N) is 1. The van der Waals surface area contributed by atoms with Crippen LogP contribution in [-0.4, -0.2) is 16.4 Å². The molecule has 3 rings (SSSR count). The Labute approximate surface area is 196 Å². The fraction of sp³-hybridized carbons (Fsp3) is 0.552. The molecule has 0 spiro atoms. The Kier molecular flexibility index (Phi) is 8.33. The second-order valence-electron chi connectivity index (χ2n) is 10.2. The van der Waals surface area contributed by atoms with Gasteiger partial charge < -0.3 is 4.90 Å². The zero-order chi connectivity index (χ0) is 22.5. The molecule has 1 aliphatic rings. The van der Waals surface area contributed by atoms with Crippen molar-refractivity contribution in [1.82, 2.24) is 4.90 Å². The van der Waals surface area contributed by atoms with Crippen LogP contribution in [0, 0.1) is 0 Å². The van der Waals surface area contributed by atoms with Gasteiger partial charge in [-0.15, -0.1) is 0 Å². The van der Waals surface area contributed by atoms with Gasteiger partial charge in [0.2, 0.25) is 0 Å². The van der Waals surface area contributed by atoms with Crippen LogP contribution in [0.15, 0.2) is 42.5 Å². The van der Waals surface area contributed by atoms with Crippen molar-refractivity contribution in [2.75, 3.05) is 6.54 Å². The van der Waals surface area contributed by atoms with Gasteiger partial charge in [0.05, 0.1) is 6.04 Å². The van der Waals surface area contributed by atoms with Crippen molar-refractivity contribution in [3.63, 3.8) is 0 Å². The van der Waals surface area contributed by atoms with Crippen LogP contribution < -0.4 is 0 Å². The summed E-state index contributed by atoms with van der Waals surface area (Å²) in [6.45, 7) is 14.9. The van der Waals surface area contributed by atoms with E-state index < -0.39 is 0 Å². The molecular weight excluding hydrogens is 394 g/mol. The van der Waals surface area contributed by atoms with Gasteiger partial charge in [0.25, 0.3) is 0 Å². The summed E-state index contributed by atoms with van der Waals surface area (Å²) in [7, 11) is 0. The highest BCUT2D eigenvalue weighted by atomic mass is 32.1. The lowest BCUT2D eigenvalue weighted by atomic mass is 9.83. The Morgan fingerprint density at radius 3 is 1.94 bits per heavy atom. The molecule has 2 aromatic rings. The molecule has 2 aromatic carbocycles. The SMILES string of the molecule is CC(C)c1cc(C(C)C)c(C(=S)N2CCCCCC[C@@H]2c2ccccc2)c(C(C)C)c1. The second-order valence-corrected chi connectivity index (χ2v) is 10.6. The molecule has 1 saturated heterocycles. The summed E-state index contributed by atoms with van der Waals surface area (Å²) < 4.78 is 0. The van der Waals surface area contributed by atoms with Crippen LogP contribution in [-0.2, 0) is 0 Å². The molecule has 2 heteroatoms. The van der Waals surface area contributed by atoms with Crippen LogP contribution in [0.5, 0.6) is 0 Å². The van der Waals surface area contributed by atoms with Gasteiger partial charge >= 0.3 is 0 Å². The van der Waals surface area contributed by atoms with Crippen molar-refractivity contribution in [3.8, 4) is 0 Å². The Morgan fingerprint density at radius 1 is 0.806 bits per heavy atom. The van der Waals surface area contributed by atoms with E-state index >= 15 is 0 Å². The fourth-order valence-corrected chi connectivity index (χ4v) is 5.35. The molecule has 0 aromatic heterocycles. The van der Waals surface area contributed by atoms with Crippen LogP contribution in [0.25, 0.3) is 0 Å². The summed E-state index contributed by atoms with van der Waals surface area (Å²) in [5, 5.41) is 0. The molecule has 1 atom stereocenters. The summed E-state index contributed by atoms with van der Waals surface area (Å²) in [6.07, 6.45) is 6.32. The monoisotopic (exact) mass is 435 g/mol. The summed E-state index contributed by atoms with van der Waals surface area (Å²) in [5.74, 6) is 1.43. The lowest BCUT2D eigenvalue weighted by Crippen LogP contribution is -2.37. The Hall–Kier alpha value is -1.67. The summed E-state index contributed by atoms with van der Waals surface area (Å²) in [5.41, 5.74) is 7.03. The molecule has 0 radical (unpaired) electrons. The minimum absolute atomic E-state index is 0.374. The van der Waals surface area contributed by atoms with Crippen LogP contribution >= 0.6 is 12.2 Å². The molecule has 1 heterocycles. The normalized spacial score (nSPS) is 17.8. The minimum atomic E-state index is 0.374. The average Bonchev–Trinajstić information content (AvgIpc) is 2.72. The number of hydrogen-bond donors (Lipinski definition) is 0. The van der Waals surface area contributed by atoms with Gasteiger partial charge in [0.15, 0.2) is 0 Å². The number of rotatable bonds is 5. The Bertz CT molecular complexity index is 837. The third kappa shape index (κ3) is 5.58. The first-order chi connectivity index (χ1) is 14.8. The predicted molar refractivity (Wildman–Crippen MR) is 139 cm³/mol. The van der Waals surface area contributed by atoms with E-state index in [1.54, 1.807) is 0 Å². The molecule has 0 amide bonds. The van der Waals surface area contributed by atoms with E-state index in [-0.39, 0.29) is 0 Å². The van der Waals surface area contributed by atoms with Crippen molar-refractivity contribution in [1.29, 1.82) is 0 Å². The van der Waals surface area contributed by atoms with Gasteiger partial charge in [-0.2, -0.15) is 0 Å². The van der Waals surface area contributed by atoms with Crippen molar-refractivity contribution in [2.24, 2.45) is 0 Å². The highest BCUT2D eigenvalue weighted by molar-refractivity contribution is 7.80. The van der Waals surface area contributed by atoms with E-state index in [0.29, 0.717) is 23.8 Å². The third-order valence-electron chi connectivity index (χ3n) is 6.79. The summed E-state index contributed by atoms with van der Waals surface area (Å²) in [6, 6.07) is 16.3. The molecule has 1 fully saturated rings. The molecule has 0 bridgehead atoms. The van der Waals surface area contributed by atoms with Crippen molar-refractivity contribution >= 4 is 17.2 Å². The largest absolute Gasteiger partial charge is 0.355 e. The van der Waals surface area contributed by atoms with E-state index in [9.17, 15) is 0 Å². The number of thiocarbonyl (C=S) groups is 1. The Morgan fingerprint density at radius 2 is 1.39 bits per heavy atom. The standard InChI is InChI=1S/C29H41NS/c1-20(2)24-18-25(21(3)4)28(26(19-24)22(5)6)29(31)30-17-13-8-7-12-16-27(30)23-14-10-9-11-15-23/h9-11,14-15,18-22,27H,7-8,12-13,16-17H2,1-6H3/t27-/m1/s1. The van der Waals surface area contributed by atoms with Gasteiger partial charge in [-0.25, -0.2) is 0 Å². The quantitative estimate of drug-likeness (QED) is 0.432. The van der Waals surface area contributed by atoms with Crippen molar-refractivity contribution < 1.29 is 0 Å². The first kappa shape index (κ1) is 24.0. The number of likely N-dealkylation sites (tertiary alicyclic amines) is 1. The maximum absolute atomic E-state index is 6.37. The highest BCUT2D eigenvalue weighted by Crippen LogP contribution is 2.37. The molecule has 0 N–H and O–H groups in total. The van der Waals surface area contributed by atoms with Crippen LogP contribution in [0.4, 0.5) is 0 Å². The topological polar surface area (TPSA) is 3.24 Å². The second kappa shape index (κ2) is 10.8. The van der Waals surface area contributed by atoms with Crippen molar-refractivity contribution in [3.05, 3.63) is 70.3 Å². The van der Waals surface area contributed by atoms with E-state index in [2.05, 4.69) is 88.9 Å². The van der Waals surface area contributed by atoms with Crippen LogP contribution in [0.2, 0.25) is 0 Å². The van der Waals surface area contributed by atoms with E-state index in [0.717, 1.165) is 11.5 Å². The molecule has 0 saturated carbocycles. The van der Waals surface area contributed by atoms with Gasteiger partial charge in [0, 0.05) is 12.1 Å². The third-order valence-corrected chi connectivity index (χ3v) is 7.23.